The minimum absolute atomic E-state index is 0.0502. The summed E-state index contributed by atoms with van der Waals surface area (Å²) in [6.45, 7) is 0.482. The van der Waals surface area contributed by atoms with Crippen molar-refractivity contribution in [1.29, 1.82) is 0 Å². The first-order valence-corrected chi connectivity index (χ1v) is 7.68. The van der Waals surface area contributed by atoms with Gasteiger partial charge in [-0.3, -0.25) is 4.79 Å². The van der Waals surface area contributed by atoms with Crippen LogP contribution in [0.3, 0.4) is 0 Å². The lowest BCUT2D eigenvalue weighted by Gasteiger charge is -2.10. The minimum Gasteiger partial charge on any atom is -0.491 e. The van der Waals surface area contributed by atoms with E-state index in [9.17, 15) is 4.79 Å². The molecule has 0 aliphatic carbocycles. The lowest BCUT2D eigenvalue weighted by atomic mass is 10.1. The number of rotatable bonds is 4. The van der Waals surface area contributed by atoms with Crippen LogP contribution in [0, 0.1) is 0 Å². The zero-order valence-corrected chi connectivity index (χ0v) is 12.2. The molecule has 0 bridgehead atoms. The quantitative estimate of drug-likeness (QED) is 0.884. The first-order chi connectivity index (χ1) is 9.76. The molecule has 0 saturated carbocycles. The van der Waals surface area contributed by atoms with Crippen LogP contribution in [-0.2, 0) is 17.1 Å². The lowest BCUT2D eigenvalue weighted by molar-refractivity contribution is -0.121. The number of amides is 1. The molecule has 1 N–H and O–H groups in total. The van der Waals surface area contributed by atoms with Gasteiger partial charge in [0.1, 0.15) is 17.4 Å². The number of aromatic nitrogens is 1. The van der Waals surface area contributed by atoms with E-state index in [0.29, 0.717) is 12.5 Å². The number of alkyl halides is 1. The summed E-state index contributed by atoms with van der Waals surface area (Å²) in [6, 6.07) is 7.68. The molecule has 0 fully saturated rings. The van der Waals surface area contributed by atoms with Crippen LogP contribution in [0.2, 0.25) is 0 Å². The second-order valence-electron chi connectivity index (χ2n) is 4.51. The van der Waals surface area contributed by atoms with Crippen molar-refractivity contribution in [3.63, 3.8) is 0 Å². The van der Waals surface area contributed by atoms with E-state index in [1.807, 2.05) is 29.6 Å². The number of nitrogens with one attached hydrogen (secondary N) is 1. The number of para-hydroxylation sites is 1. The number of halogens is 1. The zero-order valence-electron chi connectivity index (χ0n) is 10.6. The van der Waals surface area contributed by atoms with E-state index in [1.54, 1.807) is 0 Å². The molecule has 1 aliphatic heterocycles. The standard InChI is InChI=1S/C14H13ClN2O2S/c15-6-9-8-20-14(16-9)5-13(18)17-11-7-19-12-4-2-1-3-10(11)12/h1-4,8,11H,5-7H2,(H,17,18). The Kier molecular flexibility index (Phi) is 3.89. The number of benzene rings is 1. The van der Waals surface area contributed by atoms with Gasteiger partial charge in [-0.25, -0.2) is 4.98 Å². The van der Waals surface area contributed by atoms with Crippen LogP contribution in [0.1, 0.15) is 22.3 Å². The van der Waals surface area contributed by atoms with Gasteiger partial charge >= 0.3 is 0 Å². The smallest absolute Gasteiger partial charge is 0.227 e. The molecule has 6 heteroatoms. The fourth-order valence-electron chi connectivity index (χ4n) is 2.16. The van der Waals surface area contributed by atoms with Gasteiger partial charge in [-0.05, 0) is 6.07 Å². The third-order valence-corrected chi connectivity index (χ3v) is 4.25. The van der Waals surface area contributed by atoms with E-state index in [4.69, 9.17) is 16.3 Å². The van der Waals surface area contributed by atoms with E-state index < -0.39 is 0 Å². The minimum atomic E-state index is -0.0776. The van der Waals surface area contributed by atoms with Crippen LogP contribution < -0.4 is 10.1 Å². The predicted octanol–water partition coefficient (Wildman–Crippen LogP) is 2.67. The molecule has 1 atom stereocenters. The summed E-state index contributed by atoms with van der Waals surface area (Å²) in [7, 11) is 0. The van der Waals surface area contributed by atoms with Crippen molar-refractivity contribution in [3.8, 4) is 5.75 Å². The lowest BCUT2D eigenvalue weighted by Crippen LogP contribution is -2.30. The van der Waals surface area contributed by atoms with Crippen molar-refractivity contribution in [2.45, 2.75) is 18.3 Å². The Morgan fingerprint density at radius 3 is 3.15 bits per heavy atom. The molecule has 1 unspecified atom stereocenters. The molecular weight excluding hydrogens is 296 g/mol. The maximum absolute atomic E-state index is 12.0. The third kappa shape index (κ3) is 2.78. The van der Waals surface area contributed by atoms with Gasteiger partial charge < -0.3 is 10.1 Å². The number of hydrogen-bond donors (Lipinski definition) is 1. The number of ether oxygens (including phenoxy) is 1. The SMILES string of the molecule is O=C(Cc1nc(CCl)cs1)NC1COc2ccccc21. The fraction of sp³-hybridized carbons (Fsp3) is 0.286. The van der Waals surface area contributed by atoms with Gasteiger partial charge in [0.2, 0.25) is 5.91 Å². The molecule has 0 radical (unpaired) electrons. The van der Waals surface area contributed by atoms with E-state index in [0.717, 1.165) is 22.0 Å². The predicted molar refractivity (Wildman–Crippen MR) is 78.2 cm³/mol. The van der Waals surface area contributed by atoms with Crippen LogP contribution >= 0.6 is 22.9 Å². The van der Waals surface area contributed by atoms with Crippen LogP contribution in [0.4, 0.5) is 0 Å². The number of carbonyl (C=O) groups is 1. The molecule has 1 aromatic carbocycles. The highest BCUT2D eigenvalue weighted by Crippen LogP contribution is 2.31. The Morgan fingerprint density at radius 2 is 2.35 bits per heavy atom. The van der Waals surface area contributed by atoms with Crippen LogP contribution in [0.25, 0.3) is 0 Å². The Labute approximate surface area is 125 Å². The fourth-order valence-corrected chi connectivity index (χ4v) is 3.18. The average molecular weight is 309 g/mol. The molecule has 1 aromatic heterocycles. The van der Waals surface area contributed by atoms with Crippen molar-refractivity contribution >= 4 is 28.8 Å². The molecule has 4 nitrogen and oxygen atoms in total. The van der Waals surface area contributed by atoms with E-state index >= 15 is 0 Å². The molecule has 1 amide bonds. The summed E-state index contributed by atoms with van der Waals surface area (Å²) < 4.78 is 5.54. The first-order valence-electron chi connectivity index (χ1n) is 6.26. The second kappa shape index (κ2) is 5.81. The molecule has 2 heterocycles. The summed E-state index contributed by atoms with van der Waals surface area (Å²) in [6.07, 6.45) is 0.278. The van der Waals surface area contributed by atoms with Gasteiger partial charge in [0.05, 0.1) is 24.0 Å². The van der Waals surface area contributed by atoms with Gasteiger partial charge in [0.25, 0.3) is 0 Å². The summed E-state index contributed by atoms with van der Waals surface area (Å²) in [4.78, 5) is 16.3. The van der Waals surface area contributed by atoms with Gasteiger partial charge in [0.15, 0.2) is 0 Å². The summed E-state index contributed by atoms with van der Waals surface area (Å²) in [5.41, 5.74) is 1.84. The van der Waals surface area contributed by atoms with Gasteiger partial charge in [0, 0.05) is 10.9 Å². The topological polar surface area (TPSA) is 51.2 Å². The molecule has 0 saturated heterocycles. The van der Waals surface area contributed by atoms with Gasteiger partial charge in [-0.2, -0.15) is 0 Å². The molecular formula is C14H13ClN2O2S. The molecule has 2 aromatic rings. The molecule has 0 spiro atoms. The van der Waals surface area contributed by atoms with Crippen LogP contribution in [0.15, 0.2) is 29.6 Å². The maximum Gasteiger partial charge on any atom is 0.227 e. The average Bonchev–Trinajstić information content (AvgIpc) is 3.06. The summed E-state index contributed by atoms with van der Waals surface area (Å²) in [5.74, 6) is 1.17. The highest BCUT2D eigenvalue weighted by atomic mass is 35.5. The van der Waals surface area contributed by atoms with E-state index in [2.05, 4.69) is 10.3 Å². The Bertz CT molecular complexity index is 629. The monoisotopic (exact) mass is 308 g/mol. The Hall–Kier alpha value is -1.59. The van der Waals surface area contributed by atoms with Crippen molar-refractivity contribution < 1.29 is 9.53 Å². The first kappa shape index (κ1) is 13.4. The zero-order chi connectivity index (χ0) is 13.9. The van der Waals surface area contributed by atoms with Crippen LogP contribution in [-0.4, -0.2) is 17.5 Å². The Balaban J connectivity index is 1.62. The number of carbonyl (C=O) groups excluding carboxylic acids is 1. The Morgan fingerprint density at radius 1 is 1.50 bits per heavy atom. The largest absolute Gasteiger partial charge is 0.491 e. The number of thiazole rings is 1. The van der Waals surface area contributed by atoms with Crippen molar-refractivity contribution in [2.24, 2.45) is 0 Å². The molecule has 1 aliphatic rings. The normalized spacial score (nSPS) is 16.6. The number of nitrogens with zero attached hydrogens (tertiary/aromatic N) is 1. The highest BCUT2D eigenvalue weighted by Gasteiger charge is 2.25. The third-order valence-electron chi connectivity index (χ3n) is 3.08. The molecule has 104 valence electrons. The van der Waals surface area contributed by atoms with Crippen LogP contribution in [0.5, 0.6) is 5.75 Å². The second-order valence-corrected chi connectivity index (χ2v) is 5.72. The van der Waals surface area contributed by atoms with E-state index in [-0.39, 0.29) is 18.4 Å². The summed E-state index contributed by atoms with van der Waals surface area (Å²) >= 11 is 7.16. The number of hydrogen-bond acceptors (Lipinski definition) is 4. The number of fused-ring (bicyclic) bond motifs is 1. The van der Waals surface area contributed by atoms with Gasteiger partial charge in [-0.1, -0.05) is 18.2 Å². The van der Waals surface area contributed by atoms with Crippen molar-refractivity contribution in [2.75, 3.05) is 6.61 Å². The highest BCUT2D eigenvalue weighted by molar-refractivity contribution is 7.09. The maximum atomic E-state index is 12.0. The van der Waals surface area contributed by atoms with E-state index in [1.165, 1.54) is 11.3 Å². The molecule has 3 rings (SSSR count). The van der Waals surface area contributed by atoms with Crippen molar-refractivity contribution in [1.82, 2.24) is 10.3 Å². The van der Waals surface area contributed by atoms with Crippen molar-refractivity contribution in [3.05, 3.63) is 45.9 Å². The van der Waals surface area contributed by atoms with Gasteiger partial charge in [-0.15, -0.1) is 22.9 Å². The molecule has 20 heavy (non-hydrogen) atoms. The summed E-state index contributed by atoms with van der Waals surface area (Å²) in [5, 5.41) is 5.64.